The summed E-state index contributed by atoms with van der Waals surface area (Å²) in [7, 11) is 0. The number of hydrogen-bond acceptors (Lipinski definition) is 3. The number of aromatic hydroxyl groups is 1. The summed E-state index contributed by atoms with van der Waals surface area (Å²) < 4.78 is 0. The molecule has 0 heterocycles. The van der Waals surface area contributed by atoms with Crippen LogP contribution in [-0.4, -0.2) is 16.8 Å². The lowest BCUT2D eigenvalue weighted by Crippen LogP contribution is -2.28. The SMILES string of the molecule is O=C(CSc1ccccc1O)N[C@@H]1CCc2ccccc21. The van der Waals surface area contributed by atoms with Gasteiger partial charge in [-0.3, -0.25) is 4.79 Å². The van der Waals surface area contributed by atoms with E-state index in [-0.39, 0.29) is 17.7 Å². The highest BCUT2D eigenvalue weighted by atomic mass is 32.2. The Morgan fingerprint density at radius 1 is 1.19 bits per heavy atom. The number of rotatable bonds is 4. The third-order valence-electron chi connectivity index (χ3n) is 3.69. The summed E-state index contributed by atoms with van der Waals surface area (Å²) in [5.74, 6) is 0.544. The fraction of sp³-hybridized carbons (Fsp3) is 0.235. The average molecular weight is 299 g/mol. The molecule has 3 nitrogen and oxygen atoms in total. The number of nitrogens with one attached hydrogen (secondary N) is 1. The van der Waals surface area contributed by atoms with Crippen LogP contribution >= 0.6 is 11.8 Å². The van der Waals surface area contributed by atoms with E-state index in [1.807, 2.05) is 24.3 Å². The minimum absolute atomic E-state index is 0.00459. The quantitative estimate of drug-likeness (QED) is 0.852. The molecule has 2 N–H and O–H groups in total. The molecule has 0 spiro atoms. The maximum atomic E-state index is 12.1. The summed E-state index contributed by atoms with van der Waals surface area (Å²) in [6, 6.07) is 15.5. The molecule has 0 aromatic heterocycles. The second-order valence-corrected chi connectivity index (χ2v) is 6.13. The molecule has 0 bridgehead atoms. The van der Waals surface area contributed by atoms with Crippen LogP contribution in [0.4, 0.5) is 0 Å². The summed E-state index contributed by atoms with van der Waals surface area (Å²) in [6.07, 6.45) is 1.99. The van der Waals surface area contributed by atoms with Gasteiger partial charge in [0, 0.05) is 4.90 Å². The van der Waals surface area contributed by atoms with Gasteiger partial charge in [0.05, 0.1) is 11.8 Å². The highest BCUT2D eigenvalue weighted by Gasteiger charge is 2.23. The first-order valence-corrected chi connectivity index (χ1v) is 8.00. The number of amides is 1. The molecule has 1 amide bonds. The van der Waals surface area contributed by atoms with Gasteiger partial charge in [0.1, 0.15) is 5.75 Å². The molecule has 0 saturated carbocycles. The molecule has 2 aromatic carbocycles. The van der Waals surface area contributed by atoms with E-state index >= 15 is 0 Å². The molecule has 2 aromatic rings. The largest absolute Gasteiger partial charge is 0.507 e. The van der Waals surface area contributed by atoms with E-state index in [1.54, 1.807) is 12.1 Å². The standard InChI is InChI=1S/C17H17NO2S/c19-15-7-3-4-8-16(15)21-11-17(20)18-14-10-9-12-5-1-2-6-13(12)14/h1-8,14,19H,9-11H2,(H,18,20)/t14-/m1/s1. The van der Waals surface area contributed by atoms with Crippen LogP contribution < -0.4 is 5.32 Å². The highest BCUT2D eigenvalue weighted by Crippen LogP contribution is 2.31. The van der Waals surface area contributed by atoms with Gasteiger partial charge in [-0.15, -0.1) is 11.8 Å². The molecule has 0 aliphatic heterocycles. The number of phenols is 1. The number of carbonyl (C=O) groups excluding carboxylic acids is 1. The Balaban J connectivity index is 1.57. The van der Waals surface area contributed by atoms with Gasteiger partial charge in [-0.1, -0.05) is 36.4 Å². The second kappa shape index (κ2) is 6.22. The number of phenolic OH excluding ortho intramolecular Hbond substituents is 1. The topological polar surface area (TPSA) is 49.3 Å². The smallest absolute Gasteiger partial charge is 0.230 e. The predicted molar refractivity (Wildman–Crippen MR) is 84.5 cm³/mol. The highest BCUT2D eigenvalue weighted by molar-refractivity contribution is 8.00. The molecule has 0 saturated heterocycles. The Kier molecular flexibility index (Phi) is 4.15. The van der Waals surface area contributed by atoms with Crippen molar-refractivity contribution in [2.45, 2.75) is 23.8 Å². The molecular weight excluding hydrogens is 282 g/mol. The molecular formula is C17H17NO2S. The van der Waals surface area contributed by atoms with E-state index in [4.69, 9.17) is 0 Å². The Labute approximate surface area is 128 Å². The molecule has 21 heavy (non-hydrogen) atoms. The van der Waals surface area contributed by atoms with Crippen LogP contribution in [0, 0.1) is 0 Å². The molecule has 108 valence electrons. The van der Waals surface area contributed by atoms with Gasteiger partial charge in [-0.2, -0.15) is 0 Å². The summed E-state index contributed by atoms with van der Waals surface area (Å²) in [4.78, 5) is 12.8. The average Bonchev–Trinajstić information content (AvgIpc) is 2.90. The number of thioether (sulfide) groups is 1. The van der Waals surface area contributed by atoms with E-state index in [0.29, 0.717) is 5.75 Å². The van der Waals surface area contributed by atoms with E-state index in [2.05, 4.69) is 17.4 Å². The Morgan fingerprint density at radius 2 is 1.95 bits per heavy atom. The first-order valence-electron chi connectivity index (χ1n) is 7.02. The van der Waals surface area contributed by atoms with Crippen molar-refractivity contribution in [2.24, 2.45) is 0 Å². The lowest BCUT2D eigenvalue weighted by molar-refractivity contribution is -0.119. The first-order chi connectivity index (χ1) is 10.2. The monoisotopic (exact) mass is 299 g/mol. The lowest BCUT2D eigenvalue weighted by Gasteiger charge is -2.14. The number of benzene rings is 2. The number of aryl methyl sites for hydroxylation is 1. The van der Waals surface area contributed by atoms with E-state index < -0.39 is 0 Å². The first kappa shape index (κ1) is 14.0. The van der Waals surface area contributed by atoms with Gasteiger partial charge in [-0.05, 0) is 36.1 Å². The Hall–Kier alpha value is -1.94. The zero-order valence-electron chi connectivity index (χ0n) is 11.6. The third kappa shape index (κ3) is 3.22. The van der Waals surface area contributed by atoms with E-state index in [1.165, 1.54) is 22.9 Å². The zero-order valence-corrected chi connectivity index (χ0v) is 12.4. The predicted octanol–water partition coefficient (Wildman–Crippen LogP) is 3.29. The van der Waals surface area contributed by atoms with E-state index in [0.717, 1.165) is 17.7 Å². The molecule has 4 heteroatoms. The van der Waals surface area contributed by atoms with Crippen LogP contribution in [0.5, 0.6) is 5.75 Å². The number of carbonyl (C=O) groups is 1. The van der Waals surface area contributed by atoms with Crippen molar-refractivity contribution in [2.75, 3.05) is 5.75 Å². The maximum Gasteiger partial charge on any atom is 0.230 e. The fourth-order valence-electron chi connectivity index (χ4n) is 2.67. The Bertz CT molecular complexity index is 657. The van der Waals surface area contributed by atoms with Crippen LogP contribution in [0.2, 0.25) is 0 Å². The Morgan fingerprint density at radius 3 is 2.81 bits per heavy atom. The molecule has 1 aliphatic carbocycles. The van der Waals surface area contributed by atoms with Crippen molar-refractivity contribution in [1.29, 1.82) is 0 Å². The van der Waals surface area contributed by atoms with Crippen molar-refractivity contribution in [1.82, 2.24) is 5.32 Å². The van der Waals surface area contributed by atoms with Gasteiger partial charge in [0.2, 0.25) is 5.91 Å². The van der Waals surface area contributed by atoms with Crippen molar-refractivity contribution in [3.05, 3.63) is 59.7 Å². The van der Waals surface area contributed by atoms with Crippen LogP contribution in [0.1, 0.15) is 23.6 Å². The van der Waals surface area contributed by atoms with Gasteiger partial charge >= 0.3 is 0 Å². The van der Waals surface area contributed by atoms with Gasteiger partial charge < -0.3 is 10.4 Å². The summed E-state index contributed by atoms with van der Waals surface area (Å²) in [5, 5.41) is 12.8. The van der Waals surface area contributed by atoms with Gasteiger partial charge in [0.25, 0.3) is 0 Å². The van der Waals surface area contributed by atoms with Crippen molar-refractivity contribution >= 4 is 17.7 Å². The minimum Gasteiger partial charge on any atom is -0.507 e. The van der Waals surface area contributed by atoms with Gasteiger partial charge in [0.15, 0.2) is 0 Å². The number of para-hydroxylation sites is 1. The number of fused-ring (bicyclic) bond motifs is 1. The fourth-order valence-corrected chi connectivity index (χ4v) is 3.43. The number of hydrogen-bond donors (Lipinski definition) is 2. The van der Waals surface area contributed by atoms with Crippen LogP contribution in [-0.2, 0) is 11.2 Å². The second-order valence-electron chi connectivity index (χ2n) is 5.11. The molecule has 1 aliphatic rings. The molecule has 0 unspecified atom stereocenters. The minimum atomic E-state index is 0.00459. The summed E-state index contributed by atoms with van der Waals surface area (Å²) >= 11 is 1.36. The summed E-state index contributed by atoms with van der Waals surface area (Å²) in [6.45, 7) is 0. The molecule has 0 radical (unpaired) electrons. The van der Waals surface area contributed by atoms with Crippen molar-refractivity contribution in [3.63, 3.8) is 0 Å². The maximum absolute atomic E-state index is 12.1. The normalized spacial score (nSPS) is 16.5. The lowest BCUT2D eigenvalue weighted by atomic mass is 10.1. The molecule has 0 fully saturated rings. The van der Waals surface area contributed by atoms with Crippen LogP contribution in [0.15, 0.2) is 53.4 Å². The molecule has 1 atom stereocenters. The summed E-state index contributed by atoms with van der Waals surface area (Å²) in [5.41, 5.74) is 2.56. The van der Waals surface area contributed by atoms with Crippen molar-refractivity contribution in [3.8, 4) is 5.75 Å². The van der Waals surface area contributed by atoms with Crippen LogP contribution in [0.25, 0.3) is 0 Å². The van der Waals surface area contributed by atoms with Gasteiger partial charge in [-0.25, -0.2) is 0 Å². The molecule has 3 rings (SSSR count). The van der Waals surface area contributed by atoms with Crippen LogP contribution in [0.3, 0.4) is 0 Å². The van der Waals surface area contributed by atoms with Crippen molar-refractivity contribution < 1.29 is 9.90 Å². The van der Waals surface area contributed by atoms with E-state index in [9.17, 15) is 9.90 Å². The zero-order chi connectivity index (χ0) is 14.7. The third-order valence-corrected chi connectivity index (χ3v) is 4.75.